The predicted octanol–water partition coefficient (Wildman–Crippen LogP) is 7.36. The molecule has 1 heteroatoms. The first kappa shape index (κ1) is 21.2. The van der Waals surface area contributed by atoms with E-state index in [1.165, 1.54) is 16.7 Å². The molecular formula is C28H34O. The van der Waals surface area contributed by atoms with Gasteiger partial charge in [0.15, 0.2) is 0 Å². The summed E-state index contributed by atoms with van der Waals surface area (Å²) in [5.41, 5.74) is 5.68. The second-order valence-electron chi connectivity index (χ2n) is 10.1. The Hall–Kier alpha value is -2.54. The van der Waals surface area contributed by atoms with Gasteiger partial charge in [0.25, 0.3) is 0 Å². The van der Waals surface area contributed by atoms with Crippen molar-refractivity contribution in [1.29, 1.82) is 0 Å². The van der Waals surface area contributed by atoms with Gasteiger partial charge in [0, 0.05) is 5.92 Å². The highest BCUT2D eigenvalue weighted by Gasteiger charge is 2.28. The summed E-state index contributed by atoms with van der Waals surface area (Å²) in [6.45, 7) is 13.0. The molecule has 1 unspecified atom stereocenters. The van der Waals surface area contributed by atoms with Crippen molar-refractivity contribution < 1.29 is 5.11 Å². The molecule has 0 heterocycles. The van der Waals surface area contributed by atoms with E-state index in [0.29, 0.717) is 5.75 Å². The van der Waals surface area contributed by atoms with Gasteiger partial charge in [-0.25, -0.2) is 0 Å². The van der Waals surface area contributed by atoms with E-state index in [0.717, 1.165) is 17.5 Å². The van der Waals surface area contributed by atoms with E-state index >= 15 is 0 Å². The summed E-state index contributed by atoms with van der Waals surface area (Å²) >= 11 is 0. The van der Waals surface area contributed by atoms with Gasteiger partial charge in [0.1, 0.15) is 5.75 Å². The topological polar surface area (TPSA) is 20.2 Å². The van der Waals surface area contributed by atoms with Crippen LogP contribution in [-0.4, -0.2) is 5.11 Å². The molecule has 1 atom stereocenters. The maximum atomic E-state index is 11.1. The number of aromatic hydroxyl groups is 1. The van der Waals surface area contributed by atoms with Crippen molar-refractivity contribution in [2.45, 2.75) is 64.7 Å². The largest absolute Gasteiger partial charge is 0.507 e. The Kier molecular flexibility index (Phi) is 5.89. The summed E-state index contributed by atoms with van der Waals surface area (Å²) in [4.78, 5) is 0. The molecule has 3 aromatic carbocycles. The molecule has 3 aromatic rings. The summed E-state index contributed by atoms with van der Waals surface area (Å²) in [7, 11) is 0. The fraction of sp³-hybridized carbons (Fsp3) is 0.357. The summed E-state index contributed by atoms with van der Waals surface area (Å²) in [5, 5.41) is 11.1. The number of hydrogen-bond donors (Lipinski definition) is 1. The lowest BCUT2D eigenvalue weighted by Crippen LogP contribution is -2.19. The van der Waals surface area contributed by atoms with E-state index in [-0.39, 0.29) is 16.7 Å². The standard InChI is InChI=1S/C28H34O/c1-27(2,3)24-18-22(19-25(26(24)29)28(4,5)6)23(21-15-11-8-12-16-21)17-20-13-9-7-10-14-20/h7-16,18-19,23,29H,17H2,1-6H3. The van der Waals surface area contributed by atoms with E-state index in [1.807, 2.05) is 0 Å². The number of rotatable bonds is 4. The minimum Gasteiger partial charge on any atom is -0.507 e. The van der Waals surface area contributed by atoms with Crippen molar-refractivity contribution in [3.05, 3.63) is 101 Å². The van der Waals surface area contributed by atoms with Crippen LogP contribution in [0.1, 0.15) is 75.3 Å². The Bertz CT molecular complexity index is 906. The van der Waals surface area contributed by atoms with E-state index in [4.69, 9.17) is 0 Å². The van der Waals surface area contributed by atoms with Gasteiger partial charge >= 0.3 is 0 Å². The van der Waals surface area contributed by atoms with Crippen LogP contribution >= 0.6 is 0 Å². The molecule has 0 radical (unpaired) electrons. The minimum absolute atomic E-state index is 0.131. The molecule has 0 saturated heterocycles. The van der Waals surface area contributed by atoms with Crippen molar-refractivity contribution in [1.82, 2.24) is 0 Å². The van der Waals surface area contributed by atoms with Gasteiger partial charge in [0.05, 0.1) is 0 Å². The monoisotopic (exact) mass is 386 g/mol. The Morgan fingerprint density at radius 3 is 1.55 bits per heavy atom. The highest BCUT2D eigenvalue weighted by molar-refractivity contribution is 5.52. The Labute approximate surface area is 176 Å². The molecule has 29 heavy (non-hydrogen) atoms. The molecule has 1 nitrogen and oxygen atoms in total. The van der Waals surface area contributed by atoms with Crippen LogP contribution in [0.25, 0.3) is 0 Å². The lowest BCUT2D eigenvalue weighted by Gasteiger charge is -2.30. The van der Waals surface area contributed by atoms with Crippen molar-refractivity contribution >= 4 is 0 Å². The molecular weight excluding hydrogens is 352 g/mol. The predicted molar refractivity (Wildman–Crippen MR) is 124 cm³/mol. The molecule has 0 spiro atoms. The van der Waals surface area contributed by atoms with Crippen LogP contribution in [0.15, 0.2) is 72.8 Å². The van der Waals surface area contributed by atoms with Gasteiger partial charge in [-0.15, -0.1) is 0 Å². The second-order valence-corrected chi connectivity index (χ2v) is 10.1. The van der Waals surface area contributed by atoms with Crippen molar-refractivity contribution in [2.24, 2.45) is 0 Å². The number of hydrogen-bond acceptors (Lipinski definition) is 1. The lowest BCUT2D eigenvalue weighted by atomic mass is 9.75. The molecule has 0 amide bonds. The first-order valence-corrected chi connectivity index (χ1v) is 10.5. The number of phenolic OH excluding ortho intramolecular Hbond substituents is 1. The van der Waals surface area contributed by atoms with Crippen LogP contribution in [-0.2, 0) is 17.3 Å². The summed E-state index contributed by atoms with van der Waals surface area (Å²) in [5.74, 6) is 0.682. The summed E-state index contributed by atoms with van der Waals surface area (Å²) in [6, 6.07) is 25.9. The fourth-order valence-electron chi connectivity index (χ4n) is 3.96. The highest BCUT2D eigenvalue weighted by atomic mass is 16.3. The zero-order valence-electron chi connectivity index (χ0n) is 18.7. The fourth-order valence-corrected chi connectivity index (χ4v) is 3.96. The zero-order valence-corrected chi connectivity index (χ0v) is 18.7. The molecule has 0 aromatic heterocycles. The summed E-state index contributed by atoms with van der Waals surface area (Å²) in [6.07, 6.45) is 0.933. The van der Waals surface area contributed by atoms with Crippen molar-refractivity contribution in [2.75, 3.05) is 0 Å². The molecule has 0 fully saturated rings. The van der Waals surface area contributed by atoms with Gasteiger partial charge in [-0.1, -0.05) is 114 Å². The summed E-state index contributed by atoms with van der Waals surface area (Å²) < 4.78 is 0. The van der Waals surface area contributed by atoms with Crippen molar-refractivity contribution in [3.63, 3.8) is 0 Å². The third-order valence-electron chi connectivity index (χ3n) is 5.64. The SMILES string of the molecule is CC(C)(C)c1cc(C(Cc2ccccc2)c2ccccc2)cc(C(C)(C)C)c1O. The maximum Gasteiger partial charge on any atom is 0.123 e. The molecule has 0 aliphatic carbocycles. The van der Waals surface area contributed by atoms with Gasteiger partial charge in [0.2, 0.25) is 0 Å². The molecule has 0 bridgehead atoms. The molecule has 3 rings (SSSR count). The third kappa shape index (κ3) is 4.90. The van der Waals surface area contributed by atoms with Crippen LogP contribution < -0.4 is 0 Å². The molecule has 0 aliphatic heterocycles. The average Bonchev–Trinajstić information content (AvgIpc) is 2.66. The van der Waals surface area contributed by atoms with Crippen LogP contribution in [0, 0.1) is 0 Å². The van der Waals surface area contributed by atoms with Gasteiger partial charge in [-0.3, -0.25) is 0 Å². The molecule has 0 saturated carbocycles. The molecule has 1 N–H and O–H groups in total. The lowest BCUT2D eigenvalue weighted by molar-refractivity contribution is 0.422. The van der Waals surface area contributed by atoms with Gasteiger partial charge < -0.3 is 5.11 Å². The first-order chi connectivity index (χ1) is 13.6. The van der Waals surface area contributed by atoms with E-state index in [1.54, 1.807) is 0 Å². The molecule has 152 valence electrons. The third-order valence-corrected chi connectivity index (χ3v) is 5.64. The second kappa shape index (κ2) is 8.06. The van der Waals surface area contributed by atoms with E-state index in [9.17, 15) is 5.11 Å². The van der Waals surface area contributed by atoms with Crippen LogP contribution in [0.2, 0.25) is 0 Å². The quantitative estimate of drug-likeness (QED) is 0.496. The molecule has 0 aliphatic rings. The van der Waals surface area contributed by atoms with Crippen LogP contribution in [0.3, 0.4) is 0 Å². The van der Waals surface area contributed by atoms with Crippen LogP contribution in [0.4, 0.5) is 0 Å². The number of phenols is 1. The van der Waals surface area contributed by atoms with E-state index < -0.39 is 0 Å². The van der Waals surface area contributed by atoms with E-state index in [2.05, 4.69) is 114 Å². The zero-order chi connectivity index (χ0) is 21.2. The smallest absolute Gasteiger partial charge is 0.123 e. The normalized spacial score (nSPS) is 13.3. The van der Waals surface area contributed by atoms with Gasteiger partial charge in [-0.2, -0.15) is 0 Å². The number of benzene rings is 3. The highest BCUT2D eigenvalue weighted by Crippen LogP contribution is 2.42. The van der Waals surface area contributed by atoms with Gasteiger partial charge in [-0.05, 0) is 45.1 Å². The maximum absolute atomic E-state index is 11.1. The first-order valence-electron chi connectivity index (χ1n) is 10.5. The van der Waals surface area contributed by atoms with Crippen LogP contribution in [0.5, 0.6) is 5.75 Å². The Morgan fingerprint density at radius 2 is 1.10 bits per heavy atom. The van der Waals surface area contributed by atoms with Crippen molar-refractivity contribution in [3.8, 4) is 5.75 Å². The average molecular weight is 387 g/mol. The Morgan fingerprint density at radius 1 is 0.655 bits per heavy atom. The Balaban J connectivity index is 2.21. The minimum atomic E-state index is -0.131.